The number of halogens is 1. The predicted molar refractivity (Wildman–Crippen MR) is 113 cm³/mol. The number of hydrogen-bond acceptors (Lipinski definition) is 4. The largest absolute Gasteiger partial charge is 0.495 e. The molecule has 1 amide bonds. The lowest BCUT2D eigenvalue weighted by molar-refractivity contribution is -0.116. The third kappa shape index (κ3) is 6.14. The third-order valence-corrected chi connectivity index (χ3v) is 5.30. The molecule has 0 bridgehead atoms. The first kappa shape index (κ1) is 20.5. The molecular formula is C22H27ClN2O3. The van der Waals surface area contributed by atoms with Crippen LogP contribution in [0.15, 0.2) is 47.1 Å². The van der Waals surface area contributed by atoms with Crippen molar-refractivity contribution in [2.75, 3.05) is 32.1 Å². The van der Waals surface area contributed by atoms with Crippen LogP contribution in [0.2, 0.25) is 5.02 Å². The van der Waals surface area contributed by atoms with Crippen LogP contribution in [0, 0.1) is 5.92 Å². The molecule has 28 heavy (non-hydrogen) atoms. The van der Waals surface area contributed by atoms with E-state index in [2.05, 4.69) is 16.3 Å². The molecule has 1 aromatic heterocycles. The van der Waals surface area contributed by atoms with Gasteiger partial charge in [-0.05, 0) is 68.1 Å². The molecule has 0 spiro atoms. The quantitative estimate of drug-likeness (QED) is 0.668. The Morgan fingerprint density at radius 2 is 2.32 bits per heavy atom. The molecule has 2 aromatic rings. The lowest BCUT2D eigenvalue weighted by Crippen LogP contribution is -2.35. The molecule has 1 aliphatic heterocycles. The van der Waals surface area contributed by atoms with E-state index < -0.39 is 0 Å². The molecule has 3 rings (SSSR count). The maximum atomic E-state index is 12.3. The number of nitrogens with zero attached hydrogens (tertiary/aromatic N) is 1. The fraction of sp³-hybridized carbons (Fsp3) is 0.409. The Balaban J connectivity index is 1.41. The summed E-state index contributed by atoms with van der Waals surface area (Å²) in [5.74, 6) is 2.05. The zero-order valence-corrected chi connectivity index (χ0v) is 17.0. The standard InChI is InChI=1S/C22H27ClN2O3/c1-27-21-10-9-18(15-20(21)23)24-22(26)11-8-17-5-2-12-25(16-17)13-3-6-19-7-4-14-28-19/h3-4,6-7,9-10,14-15,17H,2,5,8,11-13,16H2,1H3,(H,24,26)/b6-3+/t17-/m0/s1. The minimum absolute atomic E-state index is 0.0241. The fourth-order valence-corrected chi connectivity index (χ4v) is 3.82. The van der Waals surface area contributed by atoms with Crippen LogP contribution in [-0.4, -0.2) is 37.6 Å². The normalized spacial score (nSPS) is 17.7. The van der Waals surface area contributed by atoms with Crippen molar-refractivity contribution < 1.29 is 13.9 Å². The molecule has 6 heteroatoms. The summed E-state index contributed by atoms with van der Waals surface area (Å²) in [4.78, 5) is 14.7. The summed E-state index contributed by atoms with van der Waals surface area (Å²) in [6.45, 7) is 3.05. The van der Waals surface area contributed by atoms with Gasteiger partial charge in [0.15, 0.2) is 0 Å². The van der Waals surface area contributed by atoms with Crippen molar-refractivity contribution in [1.82, 2.24) is 4.90 Å². The van der Waals surface area contributed by atoms with Crippen LogP contribution in [0.4, 0.5) is 5.69 Å². The van der Waals surface area contributed by atoms with Crippen molar-refractivity contribution in [1.29, 1.82) is 0 Å². The molecule has 0 aliphatic carbocycles. The molecular weight excluding hydrogens is 376 g/mol. The molecule has 1 aromatic carbocycles. The van der Waals surface area contributed by atoms with E-state index in [0.717, 1.165) is 31.8 Å². The number of carbonyl (C=O) groups excluding carboxylic acids is 1. The molecule has 1 N–H and O–H groups in total. The second kappa shape index (κ2) is 10.3. The predicted octanol–water partition coefficient (Wildman–Crippen LogP) is 5.09. The van der Waals surface area contributed by atoms with Gasteiger partial charge in [0.25, 0.3) is 0 Å². The van der Waals surface area contributed by atoms with E-state index in [-0.39, 0.29) is 5.91 Å². The van der Waals surface area contributed by atoms with Crippen LogP contribution in [0.1, 0.15) is 31.4 Å². The first-order valence-corrected chi connectivity index (χ1v) is 10.1. The molecule has 2 heterocycles. The fourth-order valence-electron chi connectivity index (χ4n) is 3.56. The zero-order valence-electron chi connectivity index (χ0n) is 16.2. The molecule has 1 aliphatic rings. The summed E-state index contributed by atoms with van der Waals surface area (Å²) in [5, 5.41) is 3.41. The van der Waals surface area contributed by atoms with Crippen molar-refractivity contribution >= 4 is 29.3 Å². The lowest BCUT2D eigenvalue weighted by atomic mass is 9.93. The van der Waals surface area contributed by atoms with Gasteiger partial charge in [0.1, 0.15) is 11.5 Å². The molecule has 1 fully saturated rings. The van der Waals surface area contributed by atoms with Crippen LogP contribution < -0.4 is 10.1 Å². The van der Waals surface area contributed by atoms with E-state index in [0.29, 0.717) is 28.8 Å². The Morgan fingerprint density at radius 3 is 3.07 bits per heavy atom. The first-order chi connectivity index (χ1) is 13.6. The van der Waals surface area contributed by atoms with Crippen molar-refractivity contribution in [3.05, 3.63) is 53.5 Å². The van der Waals surface area contributed by atoms with E-state index in [9.17, 15) is 4.79 Å². The number of ether oxygens (including phenoxy) is 1. The molecule has 150 valence electrons. The minimum Gasteiger partial charge on any atom is -0.495 e. The van der Waals surface area contributed by atoms with Crippen molar-refractivity contribution in [2.24, 2.45) is 5.92 Å². The maximum absolute atomic E-state index is 12.3. The summed E-state index contributed by atoms with van der Waals surface area (Å²) in [6.07, 6.45) is 9.60. The Hall–Kier alpha value is -2.24. The average Bonchev–Trinajstić information content (AvgIpc) is 3.20. The number of methoxy groups -OCH3 is 1. The van der Waals surface area contributed by atoms with E-state index in [1.807, 2.05) is 18.2 Å². The van der Waals surface area contributed by atoms with E-state index in [1.54, 1.807) is 31.6 Å². The number of hydrogen-bond donors (Lipinski definition) is 1. The van der Waals surface area contributed by atoms with Gasteiger partial charge in [-0.25, -0.2) is 0 Å². The maximum Gasteiger partial charge on any atom is 0.224 e. The van der Waals surface area contributed by atoms with Gasteiger partial charge >= 0.3 is 0 Å². The highest BCUT2D eigenvalue weighted by Crippen LogP contribution is 2.27. The Morgan fingerprint density at radius 1 is 1.43 bits per heavy atom. The summed E-state index contributed by atoms with van der Waals surface area (Å²) in [7, 11) is 1.57. The van der Waals surface area contributed by atoms with Crippen molar-refractivity contribution in [3.63, 3.8) is 0 Å². The second-order valence-corrected chi connectivity index (χ2v) is 7.53. The summed E-state index contributed by atoms with van der Waals surface area (Å²) in [6, 6.07) is 9.11. The number of rotatable bonds is 8. The Bertz CT molecular complexity index is 789. The van der Waals surface area contributed by atoms with Gasteiger partial charge in [-0.15, -0.1) is 0 Å². The molecule has 0 saturated carbocycles. The van der Waals surface area contributed by atoms with Gasteiger partial charge in [0.05, 0.1) is 18.4 Å². The van der Waals surface area contributed by atoms with E-state index in [1.165, 1.54) is 12.8 Å². The SMILES string of the molecule is COc1ccc(NC(=O)CC[C@@H]2CCCN(C/C=C/c3ccco3)C2)cc1Cl. The minimum atomic E-state index is 0.0241. The van der Waals surface area contributed by atoms with E-state index in [4.69, 9.17) is 20.8 Å². The smallest absolute Gasteiger partial charge is 0.224 e. The number of likely N-dealkylation sites (tertiary alicyclic amines) is 1. The lowest BCUT2D eigenvalue weighted by Gasteiger charge is -2.31. The monoisotopic (exact) mass is 402 g/mol. The number of piperidine rings is 1. The number of furan rings is 1. The molecule has 1 saturated heterocycles. The summed E-state index contributed by atoms with van der Waals surface area (Å²) in [5.41, 5.74) is 0.698. The topological polar surface area (TPSA) is 54.7 Å². The second-order valence-electron chi connectivity index (χ2n) is 7.12. The van der Waals surface area contributed by atoms with Crippen molar-refractivity contribution in [2.45, 2.75) is 25.7 Å². The highest BCUT2D eigenvalue weighted by Gasteiger charge is 2.20. The first-order valence-electron chi connectivity index (χ1n) is 9.70. The summed E-state index contributed by atoms with van der Waals surface area (Å²) >= 11 is 6.11. The highest BCUT2D eigenvalue weighted by molar-refractivity contribution is 6.32. The average molecular weight is 403 g/mol. The number of nitrogens with one attached hydrogen (secondary N) is 1. The van der Waals surface area contributed by atoms with Gasteiger partial charge in [-0.1, -0.05) is 17.7 Å². The van der Waals surface area contributed by atoms with Crippen LogP contribution in [0.5, 0.6) is 5.75 Å². The third-order valence-electron chi connectivity index (χ3n) is 5.01. The van der Waals surface area contributed by atoms with Gasteiger partial charge in [-0.2, -0.15) is 0 Å². The van der Waals surface area contributed by atoms with Gasteiger partial charge in [0.2, 0.25) is 5.91 Å². The van der Waals surface area contributed by atoms with Crippen molar-refractivity contribution in [3.8, 4) is 5.75 Å². The van der Waals surface area contributed by atoms with E-state index >= 15 is 0 Å². The highest BCUT2D eigenvalue weighted by atomic mass is 35.5. The van der Waals surface area contributed by atoms with Gasteiger partial charge in [0, 0.05) is 25.2 Å². The van der Waals surface area contributed by atoms with Crippen LogP contribution in [0.25, 0.3) is 6.08 Å². The number of benzene rings is 1. The van der Waals surface area contributed by atoms with Gasteiger partial charge < -0.3 is 14.5 Å². The molecule has 5 nitrogen and oxygen atoms in total. The molecule has 1 atom stereocenters. The Labute approximate surface area is 171 Å². The number of amides is 1. The molecule has 0 unspecified atom stereocenters. The summed E-state index contributed by atoms with van der Waals surface area (Å²) < 4.78 is 10.4. The zero-order chi connectivity index (χ0) is 19.8. The number of carbonyl (C=O) groups is 1. The molecule has 0 radical (unpaired) electrons. The van der Waals surface area contributed by atoms with Crippen LogP contribution in [0.3, 0.4) is 0 Å². The Kier molecular flexibility index (Phi) is 7.57. The number of anilines is 1. The van der Waals surface area contributed by atoms with Crippen LogP contribution >= 0.6 is 11.6 Å². The van der Waals surface area contributed by atoms with Crippen LogP contribution in [-0.2, 0) is 4.79 Å². The van der Waals surface area contributed by atoms with Gasteiger partial charge in [-0.3, -0.25) is 9.69 Å².